The van der Waals surface area contributed by atoms with E-state index in [9.17, 15) is 14.4 Å². The molecule has 0 aliphatic carbocycles. The number of esters is 1. The molecule has 3 heterocycles. The van der Waals surface area contributed by atoms with Crippen molar-refractivity contribution in [3.63, 3.8) is 0 Å². The summed E-state index contributed by atoms with van der Waals surface area (Å²) in [6, 6.07) is 6.09. The molecule has 2 aromatic heterocycles. The molecule has 1 fully saturated rings. The molecular formula is C15H11BrN2O5S. The average molecular weight is 411 g/mol. The van der Waals surface area contributed by atoms with E-state index < -0.39 is 17.9 Å². The van der Waals surface area contributed by atoms with E-state index in [-0.39, 0.29) is 18.0 Å². The first-order valence-corrected chi connectivity index (χ1v) is 8.36. The van der Waals surface area contributed by atoms with Gasteiger partial charge in [0.25, 0.3) is 5.91 Å². The number of nitrogens with one attached hydrogen (secondary N) is 1. The number of carbonyl (C=O) groups excluding carboxylic acids is 3. The molecule has 124 valence electrons. The van der Waals surface area contributed by atoms with Gasteiger partial charge < -0.3 is 14.5 Å². The Morgan fingerprint density at radius 3 is 2.83 bits per heavy atom. The van der Waals surface area contributed by atoms with Gasteiger partial charge in [-0.2, -0.15) is 0 Å². The van der Waals surface area contributed by atoms with Gasteiger partial charge >= 0.3 is 12.0 Å². The molecule has 7 nitrogen and oxygen atoms in total. The summed E-state index contributed by atoms with van der Waals surface area (Å²) in [7, 11) is 1.24. The number of thiophene rings is 1. The molecule has 0 atom stereocenters. The number of nitrogens with zero attached hydrogens (tertiary/aromatic N) is 1. The lowest BCUT2D eigenvalue weighted by atomic mass is 10.3. The predicted octanol–water partition coefficient (Wildman–Crippen LogP) is 2.98. The predicted molar refractivity (Wildman–Crippen MR) is 89.1 cm³/mol. The zero-order chi connectivity index (χ0) is 17.3. The van der Waals surface area contributed by atoms with Gasteiger partial charge in [-0.25, -0.2) is 9.59 Å². The number of halogens is 1. The van der Waals surface area contributed by atoms with Gasteiger partial charge in [0.1, 0.15) is 11.5 Å². The topological polar surface area (TPSA) is 88.9 Å². The molecule has 0 bridgehead atoms. The number of hydrogen-bond donors (Lipinski definition) is 1. The summed E-state index contributed by atoms with van der Waals surface area (Å²) in [5.74, 6) is -0.763. The van der Waals surface area contributed by atoms with E-state index in [2.05, 4.69) is 26.0 Å². The van der Waals surface area contributed by atoms with Gasteiger partial charge in [-0.1, -0.05) is 0 Å². The molecule has 0 unspecified atom stereocenters. The van der Waals surface area contributed by atoms with Crippen molar-refractivity contribution in [1.82, 2.24) is 10.2 Å². The number of rotatable bonds is 4. The van der Waals surface area contributed by atoms with Gasteiger partial charge in [0.05, 0.1) is 17.4 Å². The number of amides is 3. The Hall–Kier alpha value is -2.39. The SMILES string of the molecule is COC(=O)c1ccc(CN2C(=O)NC(=Cc3ccc(Br)s3)C2=O)o1. The van der Waals surface area contributed by atoms with Gasteiger partial charge in [0.15, 0.2) is 0 Å². The quantitative estimate of drug-likeness (QED) is 0.475. The first-order valence-electron chi connectivity index (χ1n) is 6.75. The van der Waals surface area contributed by atoms with Crippen LogP contribution in [-0.2, 0) is 16.1 Å². The standard InChI is InChI=1S/C15H11BrN2O5S/c1-22-14(20)11-4-2-8(23-11)7-18-13(19)10(17-15(18)21)6-9-3-5-12(16)24-9/h2-6H,7H2,1H3,(H,17,21). The number of methoxy groups -OCH3 is 1. The van der Waals surface area contributed by atoms with E-state index in [0.29, 0.717) is 5.76 Å². The van der Waals surface area contributed by atoms with E-state index in [1.807, 2.05) is 12.1 Å². The highest BCUT2D eigenvalue weighted by molar-refractivity contribution is 9.11. The number of urea groups is 1. The van der Waals surface area contributed by atoms with Crippen LogP contribution in [0, 0.1) is 0 Å². The molecule has 1 N–H and O–H groups in total. The van der Waals surface area contributed by atoms with E-state index in [1.54, 1.807) is 6.08 Å². The number of imide groups is 1. The number of ether oxygens (including phenoxy) is 1. The lowest BCUT2D eigenvalue weighted by molar-refractivity contribution is -0.123. The third-order valence-corrected chi connectivity index (χ3v) is 4.78. The van der Waals surface area contributed by atoms with Crippen LogP contribution in [0.1, 0.15) is 21.2 Å². The molecule has 1 aliphatic heterocycles. The molecule has 0 aromatic carbocycles. The van der Waals surface area contributed by atoms with E-state index in [4.69, 9.17) is 4.42 Å². The minimum Gasteiger partial charge on any atom is -0.463 e. The average Bonchev–Trinajstić information content (AvgIpc) is 3.24. The van der Waals surface area contributed by atoms with Crippen LogP contribution in [0.25, 0.3) is 6.08 Å². The van der Waals surface area contributed by atoms with E-state index >= 15 is 0 Å². The minimum atomic E-state index is -0.623. The van der Waals surface area contributed by atoms with Crippen molar-refractivity contribution in [2.45, 2.75) is 6.54 Å². The molecule has 0 radical (unpaired) electrons. The molecule has 1 aliphatic rings. The second kappa shape index (κ2) is 6.62. The van der Waals surface area contributed by atoms with Gasteiger partial charge in [-0.3, -0.25) is 9.69 Å². The lowest BCUT2D eigenvalue weighted by Gasteiger charge is -2.09. The maximum Gasteiger partial charge on any atom is 0.373 e. The maximum absolute atomic E-state index is 12.4. The monoisotopic (exact) mass is 410 g/mol. The Bertz CT molecular complexity index is 854. The van der Waals surface area contributed by atoms with Crippen molar-refractivity contribution in [2.24, 2.45) is 0 Å². The zero-order valence-corrected chi connectivity index (χ0v) is 14.8. The molecule has 3 amide bonds. The number of furan rings is 1. The fourth-order valence-corrected chi connectivity index (χ4v) is 3.46. The van der Waals surface area contributed by atoms with Crippen LogP contribution in [0.15, 0.2) is 38.2 Å². The molecule has 3 rings (SSSR count). The fraction of sp³-hybridized carbons (Fsp3) is 0.133. The summed E-state index contributed by atoms with van der Waals surface area (Å²) in [5, 5.41) is 2.53. The molecule has 1 saturated heterocycles. The zero-order valence-electron chi connectivity index (χ0n) is 12.4. The van der Waals surface area contributed by atoms with Gasteiger partial charge in [0, 0.05) is 4.88 Å². The largest absolute Gasteiger partial charge is 0.463 e. The number of hydrogen-bond acceptors (Lipinski definition) is 6. The maximum atomic E-state index is 12.4. The van der Waals surface area contributed by atoms with Crippen molar-refractivity contribution in [3.05, 3.63) is 50.1 Å². The summed E-state index contributed by atoms with van der Waals surface area (Å²) in [4.78, 5) is 37.6. The molecular weight excluding hydrogens is 400 g/mol. The number of carbonyl (C=O) groups is 3. The normalized spacial score (nSPS) is 15.9. The van der Waals surface area contributed by atoms with Gasteiger partial charge in [-0.05, 0) is 46.3 Å². The van der Waals surface area contributed by atoms with Crippen molar-refractivity contribution >= 4 is 51.3 Å². The highest BCUT2D eigenvalue weighted by Gasteiger charge is 2.34. The highest BCUT2D eigenvalue weighted by atomic mass is 79.9. The summed E-state index contributed by atoms with van der Waals surface area (Å²) in [6.07, 6.45) is 1.61. The van der Waals surface area contributed by atoms with Crippen molar-refractivity contribution in [2.75, 3.05) is 7.11 Å². The summed E-state index contributed by atoms with van der Waals surface area (Å²) < 4.78 is 10.7. The van der Waals surface area contributed by atoms with Crippen LogP contribution in [0.2, 0.25) is 0 Å². The Morgan fingerprint density at radius 2 is 2.17 bits per heavy atom. The third-order valence-electron chi connectivity index (χ3n) is 3.21. The smallest absolute Gasteiger partial charge is 0.373 e. The lowest BCUT2D eigenvalue weighted by Crippen LogP contribution is -2.30. The van der Waals surface area contributed by atoms with Crippen LogP contribution in [0.5, 0.6) is 0 Å². The fourth-order valence-electron chi connectivity index (χ4n) is 2.09. The molecule has 2 aromatic rings. The Morgan fingerprint density at radius 1 is 1.38 bits per heavy atom. The molecule has 9 heteroatoms. The Labute approximate surface area is 149 Å². The molecule has 0 spiro atoms. The van der Waals surface area contributed by atoms with Crippen LogP contribution >= 0.6 is 27.3 Å². The van der Waals surface area contributed by atoms with Crippen molar-refractivity contribution in [1.29, 1.82) is 0 Å². The van der Waals surface area contributed by atoms with Gasteiger partial charge in [0.2, 0.25) is 5.76 Å². The van der Waals surface area contributed by atoms with E-state index in [1.165, 1.54) is 30.6 Å². The first kappa shape index (κ1) is 16.5. The second-order valence-corrected chi connectivity index (χ2v) is 7.27. The summed E-state index contributed by atoms with van der Waals surface area (Å²) in [5.41, 5.74) is 0.189. The van der Waals surface area contributed by atoms with Gasteiger partial charge in [-0.15, -0.1) is 11.3 Å². The van der Waals surface area contributed by atoms with Crippen LogP contribution in [0.3, 0.4) is 0 Å². The van der Waals surface area contributed by atoms with Crippen LogP contribution < -0.4 is 5.32 Å². The highest BCUT2D eigenvalue weighted by Crippen LogP contribution is 2.25. The minimum absolute atomic E-state index is 0.0127. The first-order chi connectivity index (χ1) is 11.5. The van der Waals surface area contributed by atoms with Crippen LogP contribution in [-0.4, -0.2) is 29.9 Å². The molecule has 0 saturated carbocycles. The second-order valence-electron chi connectivity index (χ2n) is 4.78. The Balaban J connectivity index is 1.76. The van der Waals surface area contributed by atoms with E-state index in [0.717, 1.165) is 13.6 Å². The van der Waals surface area contributed by atoms with Crippen molar-refractivity contribution < 1.29 is 23.5 Å². The molecule has 24 heavy (non-hydrogen) atoms. The summed E-state index contributed by atoms with van der Waals surface area (Å²) in [6.45, 7) is -0.0763. The van der Waals surface area contributed by atoms with Crippen molar-refractivity contribution in [3.8, 4) is 0 Å². The Kier molecular flexibility index (Phi) is 4.54. The van der Waals surface area contributed by atoms with Crippen LogP contribution in [0.4, 0.5) is 4.79 Å². The summed E-state index contributed by atoms with van der Waals surface area (Å²) >= 11 is 4.78. The third kappa shape index (κ3) is 3.26.